The summed E-state index contributed by atoms with van der Waals surface area (Å²) in [5, 5.41) is 0. The van der Waals surface area contributed by atoms with Crippen molar-refractivity contribution in [1.29, 1.82) is 0 Å². The number of hydrogen-bond donors (Lipinski definition) is 0. The SMILES string of the molecule is COC(=O)C1=C(OC(C)=O)[C@@H]2[C@@H]3C=C[C@@H](C3)[C@]2(OC)C1. The predicted octanol–water partition coefficient (Wildman–Crippen LogP) is 1.59. The number of ether oxygens (including phenoxy) is 3. The predicted molar refractivity (Wildman–Crippen MR) is 69.4 cm³/mol. The standard InChI is InChI=1S/C15H18O5/c1-8(16)20-13-11(14(17)18-2)7-15(19-3)10-5-4-9(6-10)12(13)15/h4-5,9-10,12H,6-7H2,1-3H3/t9-,10+,12+,15-/m1/s1. The van der Waals surface area contributed by atoms with Gasteiger partial charge in [-0.2, -0.15) is 0 Å². The fourth-order valence-corrected chi connectivity index (χ4v) is 4.06. The molecule has 0 saturated heterocycles. The maximum atomic E-state index is 12.0. The molecule has 0 aromatic carbocycles. The molecule has 0 amide bonds. The van der Waals surface area contributed by atoms with E-state index < -0.39 is 17.5 Å². The zero-order valence-corrected chi connectivity index (χ0v) is 11.8. The van der Waals surface area contributed by atoms with E-state index >= 15 is 0 Å². The third-order valence-electron chi connectivity index (χ3n) is 4.80. The van der Waals surface area contributed by atoms with Crippen LogP contribution in [0.15, 0.2) is 23.5 Å². The van der Waals surface area contributed by atoms with Crippen LogP contribution in [0.1, 0.15) is 19.8 Å². The second kappa shape index (κ2) is 4.45. The number of fused-ring (bicyclic) bond motifs is 5. The summed E-state index contributed by atoms with van der Waals surface area (Å²) in [5.74, 6) is 0.0433. The Balaban J connectivity index is 2.05. The molecule has 3 aliphatic rings. The van der Waals surface area contributed by atoms with Crippen LogP contribution in [0.4, 0.5) is 0 Å². The van der Waals surface area contributed by atoms with Crippen LogP contribution in [-0.4, -0.2) is 31.8 Å². The largest absolute Gasteiger partial charge is 0.466 e. The van der Waals surface area contributed by atoms with Crippen molar-refractivity contribution < 1.29 is 23.8 Å². The highest BCUT2D eigenvalue weighted by atomic mass is 16.6. The molecule has 0 unspecified atom stereocenters. The van der Waals surface area contributed by atoms with E-state index in [1.165, 1.54) is 14.0 Å². The molecule has 0 aliphatic heterocycles. The molecule has 5 heteroatoms. The minimum atomic E-state index is -0.465. The van der Waals surface area contributed by atoms with E-state index in [9.17, 15) is 9.59 Å². The molecule has 0 heterocycles. The van der Waals surface area contributed by atoms with Crippen LogP contribution in [0.25, 0.3) is 0 Å². The molecule has 2 bridgehead atoms. The van der Waals surface area contributed by atoms with Gasteiger partial charge in [0.05, 0.1) is 24.2 Å². The van der Waals surface area contributed by atoms with E-state index in [2.05, 4.69) is 12.2 Å². The summed E-state index contributed by atoms with van der Waals surface area (Å²) in [6, 6.07) is 0. The third kappa shape index (κ3) is 1.59. The highest BCUT2D eigenvalue weighted by Crippen LogP contribution is 2.61. The Bertz CT molecular complexity index is 532. The van der Waals surface area contributed by atoms with Crippen LogP contribution in [-0.2, 0) is 23.8 Å². The molecule has 20 heavy (non-hydrogen) atoms. The zero-order chi connectivity index (χ0) is 14.5. The Morgan fingerprint density at radius 3 is 2.65 bits per heavy atom. The van der Waals surface area contributed by atoms with Crippen LogP contribution in [0.5, 0.6) is 0 Å². The molecule has 0 radical (unpaired) electrons. The van der Waals surface area contributed by atoms with Crippen molar-refractivity contribution in [2.45, 2.75) is 25.4 Å². The van der Waals surface area contributed by atoms with Crippen LogP contribution in [0.3, 0.4) is 0 Å². The van der Waals surface area contributed by atoms with Gasteiger partial charge in [0, 0.05) is 26.4 Å². The second-order valence-electron chi connectivity index (χ2n) is 5.63. The van der Waals surface area contributed by atoms with E-state index in [1.54, 1.807) is 7.11 Å². The Labute approximate surface area is 117 Å². The number of hydrogen-bond acceptors (Lipinski definition) is 5. The van der Waals surface area contributed by atoms with Crippen molar-refractivity contribution in [3.8, 4) is 0 Å². The van der Waals surface area contributed by atoms with Crippen molar-refractivity contribution in [3.05, 3.63) is 23.5 Å². The summed E-state index contributed by atoms with van der Waals surface area (Å²) in [7, 11) is 2.99. The van der Waals surface area contributed by atoms with Crippen LogP contribution in [0.2, 0.25) is 0 Å². The molecule has 0 spiro atoms. The van der Waals surface area contributed by atoms with Crippen molar-refractivity contribution in [1.82, 2.24) is 0 Å². The van der Waals surface area contributed by atoms with Gasteiger partial charge in [-0.1, -0.05) is 12.2 Å². The Kier molecular flexibility index (Phi) is 2.97. The molecular formula is C15H18O5. The average molecular weight is 278 g/mol. The van der Waals surface area contributed by atoms with Crippen LogP contribution < -0.4 is 0 Å². The maximum absolute atomic E-state index is 12.0. The first-order chi connectivity index (χ1) is 9.53. The summed E-state index contributed by atoms with van der Waals surface area (Å²) < 4.78 is 16.0. The Hall–Kier alpha value is -1.62. The van der Waals surface area contributed by atoms with Crippen molar-refractivity contribution >= 4 is 11.9 Å². The van der Waals surface area contributed by atoms with E-state index in [4.69, 9.17) is 14.2 Å². The fraction of sp³-hybridized carbons (Fsp3) is 0.600. The van der Waals surface area contributed by atoms with Crippen molar-refractivity contribution in [2.75, 3.05) is 14.2 Å². The highest BCUT2D eigenvalue weighted by Gasteiger charge is 2.63. The van der Waals surface area contributed by atoms with Crippen molar-refractivity contribution in [2.24, 2.45) is 17.8 Å². The normalized spacial score (nSPS) is 37.2. The summed E-state index contributed by atoms with van der Waals surface area (Å²) in [5.41, 5.74) is -0.0266. The van der Waals surface area contributed by atoms with Crippen LogP contribution in [0, 0.1) is 17.8 Å². The summed E-state index contributed by atoms with van der Waals surface area (Å²) in [6.07, 6.45) is 5.71. The lowest BCUT2D eigenvalue weighted by Gasteiger charge is -2.36. The molecule has 3 rings (SSSR count). The third-order valence-corrected chi connectivity index (χ3v) is 4.80. The number of allylic oxidation sites excluding steroid dienone is 1. The number of carbonyl (C=O) groups is 2. The smallest absolute Gasteiger partial charge is 0.337 e. The monoisotopic (exact) mass is 278 g/mol. The second-order valence-corrected chi connectivity index (χ2v) is 5.63. The molecule has 3 aliphatic carbocycles. The van der Waals surface area contributed by atoms with E-state index in [0.717, 1.165) is 6.42 Å². The topological polar surface area (TPSA) is 61.8 Å². The zero-order valence-electron chi connectivity index (χ0n) is 11.8. The van der Waals surface area contributed by atoms with Gasteiger partial charge >= 0.3 is 11.9 Å². The lowest BCUT2D eigenvalue weighted by atomic mass is 9.80. The molecule has 5 nitrogen and oxygen atoms in total. The number of methoxy groups -OCH3 is 2. The summed E-state index contributed by atoms with van der Waals surface area (Å²) in [6.45, 7) is 1.34. The number of carbonyl (C=O) groups excluding carboxylic acids is 2. The van der Waals surface area contributed by atoms with Gasteiger partial charge in [0.2, 0.25) is 0 Å². The molecule has 0 aromatic rings. The average Bonchev–Trinajstić information content (AvgIpc) is 3.08. The van der Waals surface area contributed by atoms with Gasteiger partial charge in [-0.15, -0.1) is 0 Å². The molecule has 0 aromatic heterocycles. The lowest BCUT2D eigenvalue weighted by Crippen LogP contribution is -2.41. The molecular weight excluding hydrogens is 260 g/mol. The van der Waals surface area contributed by atoms with Crippen LogP contribution >= 0.6 is 0 Å². The lowest BCUT2D eigenvalue weighted by molar-refractivity contribution is -0.139. The molecule has 4 atom stereocenters. The molecule has 108 valence electrons. The van der Waals surface area contributed by atoms with Gasteiger partial charge in [-0.3, -0.25) is 4.79 Å². The van der Waals surface area contributed by atoms with E-state index in [1.807, 2.05) is 0 Å². The Morgan fingerprint density at radius 1 is 1.30 bits per heavy atom. The molecule has 1 saturated carbocycles. The van der Waals surface area contributed by atoms with Crippen molar-refractivity contribution in [3.63, 3.8) is 0 Å². The molecule has 0 N–H and O–H groups in total. The maximum Gasteiger partial charge on any atom is 0.337 e. The first-order valence-corrected chi connectivity index (χ1v) is 6.76. The van der Waals surface area contributed by atoms with Gasteiger partial charge in [0.1, 0.15) is 5.76 Å². The number of rotatable bonds is 3. The fourth-order valence-electron chi connectivity index (χ4n) is 4.06. The molecule has 1 fully saturated rings. The minimum Gasteiger partial charge on any atom is -0.466 e. The van der Waals surface area contributed by atoms with Gasteiger partial charge < -0.3 is 14.2 Å². The van der Waals surface area contributed by atoms with Gasteiger partial charge in [-0.25, -0.2) is 4.79 Å². The summed E-state index contributed by atoms with van der Waals surface area (Å²) >= 11 is 0. The summed E-state index contributed by atoms with van der Waals surface area (Å²) in [4.78, 5) is 23.4. The minimum absolute atomic E-state index is 0.0690. The first kappa shape index (κ1) is 13.4. The van der Waals surface area contributed by atoms with E-state index in [-0.39, 0.29) is 17.8 Å². The van der Waals surface area contributed by atoms with Gasteiger partial charge in [0.25, 0.3) is 0 Å². The highest BCUT2D eigenvalue weighted by molar-refractivity contribution is 5.91. The van der Waals surface area contributed by atoms with Gasteiger partial charge in [-0.05, 0) is 12.3 Å². The number of esters is 2. The van der Waals surface area contributed by atoms with Gasteiger partial charge in [0.15, 0.2) is 0 Å². The van der Waals surface area contributed by atoms with E-state index in [0.29, 0.717) is 17.8 Å². The Morgan fingerprint density at radius 2 is 2.05 bits per heavy atom. The first-order valence-electron chi connectivity index (χ1n) is 6.76. The quantitative estimate of drug-likeness (QED) is 0.579.